The number of fused-ring (bicyclic) bond motifs is 1. The molecule has 1 saturated carbocycles. The van der Waals surface area contributed by atoms with Gasteiger partial charge >= 0.3 is 0 Å². The molecule has 2 atom stereocenters. The van der Waals surface area contributed by atoms with Crippen LogP contribution in [-0.4, -0.2) is 13.1 Å². The van der Waals surface area contributed by atoms with Gasteiger partial charge in [0.1, 0.15) is 0 Å². The molecule has 0 aromatic rings. The second-order valence-corrected chi connectivity index (χ2v) is 5.78. The topological polar surface area (TPSA) is 12.0 Å². The molecular formula is C13H23N. The van der Waals surface area contributed by atoms with Crippen LogP contribution in [0.15, 0.2) is 11.6 Å². The molecular weight excluding hydrogens is 170 g/mol. The van der Waals surface area contributed by atoms with Crippen LogP contribution < -0.4 is 5.32 Å². The number of rotatable bonds is 0. The van der Waals surface area contributed by atoms with Gasteiger partial charge in [-0.25, -0.2) is 0 Å². The predicted molar refractivity (Wildman–Crippen MR) is 61.2 cm³/mol. The van der Waals surface area contributed by atoms with E-state index in [0.717, 1.165) is 18.4 Å². The summed E-state index contributed by atoms with van der Waals surface area (Å²) in [5, 5.41) is 3.49. The zero-order valence-electron chi connectivity index (χ0n) is 9.77. The van der Waals surface area contributed by atoms with E-state index in [-0.39, 0.29) is 0 Å². The van der Waals surface area contributed by atoms with Gasteiger partial charge in [0.2, 0.25) is 0 Å². The van der Waals surface area contributed by atoms with Gasteiger partial charge in [0.05, 0.1) is 0 Å². The number of hydrogen-bond acceptors (Lipinski definition) is 1. The molecule has 80 valence electrons. The lowest BCUT2D eigenvalue weighted by molar-refractivity contribution is 0.362. The van der Waals surface area contributed by atoms with Gasteiger partial charge in [0, 0.05) is 13.1 Å². The molecule has 1 heteroatoms. The van der Waals surface area contributed by atoms with E-state index in [2.05, 4.69) is 32.2 Å². The second kappa shape index (κ2) is 3.69. The van der Waals surface area contributed by atoms with Crippen molar-refractivity contribution in [2.24, 2.45) is 17.3 Å². The van der Waals surface area contributed by atoms with Crippen molar-refractivity contribution in [3.63, 3.8) is 0 Å². The van der Waals surface area contributed by atoms with Crippen LogP contribution in [0.3, 0.4) is 0 Å². The fourth-order valence-electron chi connectivity index (χ4n) is 3.11. The first-order valence-corrected chi connectivity index (χ1v) is 6.01. The zero-order valence-corrected chi connectivity index (χ0v) is 9.77. The third kappa shape index (κ3) is 1.88. The van der Waals surface area contributed by atoms with Gasteiger partial charge in [-0.3, -0.25) is 0 Å². The molecule has 1 aliphatic carbocycles. The molecule has 0 radical (unpaired) electrons. The Morgan fingerprint density at radius 1 is 1.43 bits per heavy atom. The Labute approximate surface area is 88.0 Å². The molecule has 0 saturated heterocycles. The normalized spacial score (nSPS) is 36.9. The van der Waals surface area contributed by atoms with E-state index in [9.17, 15) is 0 Å². The minimum Gasteiger partial charge on any atom is -0.313 e. The van der Waals surface area contributed by atoms with E-state index in [4.69, 9.17) is 0 Å². The molecule has 0 aromatic heterocycles. The lowest BCUT2D eigenvalue weighted by atomic mass is 9.74. The van der Waals surface area contributed by atoms with Crippen molar-refractivity contribution in [2.75, 3.05) is 13.1 Å². The Hall–Kier alpha value is -0.300. The first-order valence-electron chi connectivity index (χ1n) is 6.01. The van der Waals surface area contributed by atoms with Crippen LogP contribution in [0.4, 0.5) is 0 Å². The van der Waals surface area contributed by atoms with Crippen LogP contribution in [0.5, 0.6) is 0 Å². The molecule has 0 bridgehead atoms. The van der Waals surface area contributed by atoms with Crippen LogP contribution in [0.1, 0.15) is 40.0 Å². The van der Waals surface area contributed by atoms with Crippen molar-refractivity contribution < 1.29 is 0 Å². The van der Waals surface area contributed by atoms with Gasteiger partial charge in [-0.15, -0.1) is 0 Å². The summed E-state index contributed by atoms with van der Waals surface area (Å²) in [6.07, 6.45) is 6.62. The maximum absolute atomic E-state index is 3.49. The van der Waals surface area contributed by atoms with Crippen molar-refractivity contribution in [3.8, 4) is 0 Å². The van der Waals surface area contributed by atoms with E-state index in [1.807, 2.05) is 0 Å². The third-order valence-corrected chi connectivity index (χ3v) is 4.03. The summed E-state index contributed by atoms with van der Waals surface area (Å²) < 4.78 is 0. The summed E-state index contributed by atoms with van der Waals surface area (Å²) in [6.45, 7) is 9.56. The molecule has 2 aliphatic rings. The molecule has 0 spiro atoms. The van der Waals surface area contributed by atoms with Crippen molar-refractivity contribution >= 4 is 0 Å². The fourth-order valence-corrected chi connectivity index (χ4v) is 3.11. The fraction of sp³-hybridized carbons (Fsp3) is 0.846. The molecule has 2 rings (SSSR count). The van der Waals surface area contributed by atoms with E-state index < -0.39 is 0 Å². The monoisotopic (exact) mass is 193 g/mol. The molecule has 1 heterocycles. The van der Waals surface area contributed by atoms with Crippen LogP contribution in [0, 0.1) is 17.3 Å². The highest BCUT2D eigenvalue weighted by Gasteiger charge is 2.34. The van der Waals surface area contributed by atoms with Crippen LogP contribution in [-0.2, 0) is 0 Å². The Morgan fingerprint density at radius 2 is 2.21 bits per heavy atom. The first kappa shape index (κ1) is 10.2. The van der Waals surface area contributed by atoms with Gasteiger partial charge in [-0.1, -0.05) is 32.4 Å². The Bertz CT molecular complexity index is 240. The van der Waals surface area contributed by atoms with Gasteiger partial charge in [-0.2, -0.15) is 0 Å². The number of hydrogen-bond donors (Lipinski definition) is 1. The highest BCUT2D eigenvalue weighted by molar-refractivity contribution is 5.20. The minimum absolute atomic E-state index is 0.456. The summed E-state index contributed by atoms with van der Waals surface area (Å²) in [5.74, 6) is 1.72. The van der Waals surface area contributed by atoms with Gasteiger partial charge < -0.3 is 5.32 Å². The summed E-state index contributed by atoms with van der Waals surface area (Å²) in [6, 6.07) is 0. The maximum Gasteiger partial charge on any atom is 0.0138 e. The second-order valence-electron chi connectivity index (χ2n) is 5.78. The molecule has 2 unspecified atom stereocenters. The average Bonchev–Trinajstić information content (AvgIpc) is 2.25. The van der Waals surface area contributed by atoms with Crippen molar-refractivity contribution in [2.45, 2.75) is 40.0 Å². The molecule has 0 amide bonds. The number of nitrogens with one attached hydrogen (secondary N) is 1. The molecule has 0 aromatic carbocycles. The predicted octanol–water partition coefficient (Wildman–Crippen LogP) is 2.98. The minimum atomic E-state index is 0.456. The van der Waals surface area contributed by atoms with E-state index >= 15 is 0 Å². The molecule has 1 N–H and O–H groups in total. The summed E-state index contributed by atoms with van der Waals surface area (Å²) in [7, 11) is 0. The third-order valence-electron chi connectivity index (χ3n) is 4.03. The Kier molecular flexibility index (Phi) is 2.70. The Balaban J connectivity index is 2.26. The summed E-state index contributed by atoms with van der Waals surface area (Å²) in [5.41, 5.74) is 2.19. The van der Waals surface area contributed by atoms with Crippen LogP contribution >= 0.6 is 0 Å². The van der Waals surface area contributed by atoms with Crippen molar-refractivity contribution in [3.05, 3.63) is 11.6 Å². The highest BCUT2D eigenvalue weighted by Crippen LogP contribution is 2.44. The molecule has 1 fully saturated rings. The first-order chi connectivity index (χ1) is 6.59. The molecule has 1 nitrogen and oxygen atoms in total. The highest BCUT2D eigenvalue weighted by atomic mass is 14.9. The molecule has 1 aliphatic heterocycles. The Morgan fingerprint density at radius 3 is 3.00 bits per heavy atom. The lowest BCUT2D eigenvalue weighted by Gasteiger charge is -2.34. The van der Waals surface area contributed by atoms with Gasteiger partial charge in [0.15, 0.2) is 0 Å². The summed E-state index contributed by atoms with van der Waals surface area (Å²) in [4.78, 5) is 0. The smallest absolute Gasteiger partial charge is 0.0138 e. The largest absolute Gasteiger partial charge is 0.313 e. The van der Waals surface area contributed by atoms with Crippen LogP contribution in [0.2, 0.25) is 0 Å². The SMILES string of the molecule is CC1CCC(C)(C)C2=CCNCC2C1. The quantitative estimate of drug-likeness (QED) is 0.583. The lowest BCUT2D eigenvalue weighted by Crippen LogP contribution is -2.34. The van der Waals surface area contributed by atoms with E-state index in [1.54, 1.807) is 5.57 Å². The molecule has 14 heavy (non-hydrogen) atoms. The van der Waals surface area contributed by atoms with E-state index in [1.165, 1.54) is 25.8 Å². The summed E-state index contributed by atoms with van der Waals surface area (Å²) >= 11 is 0. The van der Waals surface area contributed by atoms with Gasteiger partial charge in [0.25, 0.3) is 0 Å². The van der Waals surface area contributed by atoms with Gasteiger partial charge in [-0.05, 0) is 36.5 Å². The zero-order chi connectivity index (χ0) is 10.2. The average molecular weight is 193 g/mol. The van der Waals surface area contributed by atoms with Crippen molar-refractivity contribution in [1.82, 2.24) is 5.32 Å². The maximum atomic E-state index is 3.49. The van der Waals surface area contributed by atoms with Crippen LogP contribution in [0.25, 0.3) is 0 Å². The standard InChI is InChI=1S/C13H23N/c1-10-4-6-13(2,3)12-5-7-14-9-11(12)8-10/h5,10-11,14H,4,6-9H2,1-3H3. The van der Waals surface area contributed by atoms with Crippen molar-refractivity contribution in [1.29, 1.82) is 0 Å². The van der Waals surface area contributed by atoms with E-state index in [0.29, 0.717) is 5.41 Å².